The topological polar surface area (TPSA) is 38.3 Å². The van der Waals surface area contributed by atoms with Gasteiger partial charge in [0.05, 0.1) is 6.61 Å². The molecule has 1 aliphatic heterocycles. The predicted octanol–water partition coefficient (Wildman–Crippen LogP) is 5.64. The molecular weight excluding hydrogens is 413 g/mol. The van der Waals surface area contributed by atoms with Gasteiger partial charge in [-0.05, 0) is 43.2 Å². The van der Waals surface area contributed by atoms with Crippen molar-refractivity contribution in [1.29, 1.82) is 0 Å². The van der Waals surface area contributed by atoms with Gasteiger partial charge in [-0.15, -0.1) is 0 Å². The molecule has 0 radical (unpaired) electrons. The Morgan fingerprint density at radius 3 is 2.83 bits per heavy atom. The molecule has 1 N–H and O–H groups in total. The maximum Gasteiger partial charge on any atom is 0.328 e. The lowest BCUT2D eigenvalue weighted by Crippen LogP contribution is -2.37. The molecule has 0 spiro atoms. The van der Waals surface area contributed by atoms with E-state index in [1.165, 1.54) is 0 Å². The van der Waals surface area contributed by atoms with E-state index in [4.69, 9.17) is 27.9 Å². The fraction of sp³-hybridized carbons (Fsp3) is 0.278. The predicted molar refractivity (Wildman–Crippen MR) is 101 cm³/mol. The second-order valence-electron chi connectivity index (χ2n) is 5.64. The number of carbonyl (C=O) groups is 1. The summed E-state index contributed by atoms with van der Waals surface area (Å²) < 4.78 is 6.17. The Balaban J connectivity index is 2.08. The molecule has 3 nitrogen and oxygen atoms in total. The molecule has 3 rings (SSSR count). The van der Waals surface area contributed by atoms with Gasteiger partial charge in [-0.1, -0.05) is 51.3 Å². The van der Waals surface area contributed by atoms with Crippen LogP contribution >= 0.6 is 39.1 Å². The number of hydrogen-bond donors (Lipinski definition) is 1. The van der Waals surface area contributed by atoms with Crippen molar-refractivity contribution < 1.29 is 9.53 Å². The van der Waals surface area contributed by atoms with Gasteiger partial charge in [0, 0.05) is 31.7 Å². The molecule has 24 heavy (non-hydrogen) atoms. The van der Waals surface area contributed by atoms with Gasteiger partial charge in [-0.3, -0.25) is 0 Å². The summed E-state index contributed by atoms with van der Waals surface area (Å²) in [5.74, 6) is -0.280. The number of fused-ring (bicyclic) bond motifs is 1. The maximum absolute atomic E-state index is 12.3. The summed E-state index contributed by atoms with van der Waals surface area (Å²) in [5.41, 5.74) is 2.83. The summed E-state index contributed by atoms with van der Waals surface area (Å²) in [5, 5.41) is 4.35. The van der Waals surface area contributed by atoms with E-state index in [1.54, 1.807) is 19.1 Å². The Bertz CT molecular complexity index is 782. The number of benzene rings is 2. The first-order chi connectivity index (χ1) is 11.5. The summed E-state index contributed by atoms with van der Waals surface area (Å²) in [4.78, 5) is 12.3. The van der Waals surface area contributed by atoms with Crippen molar-refractivity contribution in [2.24, 2.45) is 0 Å². The van der Waals surface area contributed by atoms with Crippen molar-refractivity contribution in [3.05, 3.63) is 62.0 Å². The number of halogens is 3. The lowest BCUT2D eigenvalue weighted by atomic mass is 9.82. The zero-order valence-corrected chi connectivity index (χ0v) is 16.1. The van der Waals surface area contributed by atoms with Gasteiger partial charge < -0.3 is 10.1 Å². The Hall–Kier alpha value is -1.23. The minimum atomic E-state index is -0.434. The third kappa shape index (κ3) is 3.56. The van der Waals surface area contributed by atoms with E-state index < -0.39 is 6.04 Å². The number of esters is 1. The SMILES string of the molecule is CCOC(=O)C1CC(c2cccc(Br)c2)c2c(Cl)cc(Cl)cc2N1. The van der Waals surface area contributed by atoms with Gasteiger partial charge in [0.25, 0.3) is 0 Å². The van der Waals surface area contributed by atoms with Crippen LogP contribution in [-0.2, 0) is 9.53 Å². The van der Waals surface area contributed by atoms with E-state index in [2.05, 4.69) is 21.2 Å². The first-order valence-corrected chi connectivity index (χ1v) is 9.22. The highest BCUT2D eigenvalue weighted by Crippen LogP contribution is 2.44. The molecular formula is C18H16BrCl2NO2. The Labute approximate surface area is 159 Å². The smallest absolute Gasteiger partial charge is 0.328 e. The average Bonchev–Trinajstić information content (AvgIpc) is 2.53. The van der Waals surface area contributed by atoms with Crippen molar-refractivity contribution in [1.82, 2.24) is 0 Å². The highest BCUT2D eigenvalue weighted by molar-refractivity contribution is 9.10. The largest absolute Gasteiger partial charge is 0.464 e. The van der Waals surface area contributed by atoms with Crippen LogP contribution in [0.2, 0.25) is 10.0 Å². The molecule has 1 heterocycles. The number of anilines is 1. The van der Waals surface area contributed by atoms with Crippen molar-refractivity contribution in [3.63, 3.8) is 0 Å². The summed E-state index contributed by atoms with van der Waals surface area (Å²) in [6.45, 7) is 2.15. The Morgan fingerprint density at radius 1 is 1.33 bits per heavy atom. The van der Waals surface area contributed by atoms with E-state index in [1.807, 2.05) is 24.3 Å². The van der Waals surface area contributed by atoms with E-state index >= 15 is 0 Å². The molecule has 2 unspecified atom stereocenters. The van der Waals surface area contributed by atoms with E-state index in [0.29, 0.717) is 23.1 Å². The fourth-order valence-electron chi connectivity index (χ4n) is 3.08. The summed E-state index contributed by atoms with van der Waals surface area (Å²) in [7, 11) is 0. The van der Waals surface area contributed by atoms with Crippen LogP contribution in [0.4, 0.5) is 5.69 Å². The van der Waals surface area contributed by atoms with Crippen LogP contribution in [-0.4, -0.2) is 18.6 Å². The first kappa shape index (κ1) is 17.6. The number of hydrogen-bond acceptors (Lipinski definition) is 3. The molecule has 0 aromatic heterocycles. The van der Waals surface area contributed by atoms with Gasteiger partial charge in [-0.25, -0.2) is 4.79 Å². The number of ether oxygens (including phenoxy) is 1. The van der Waals surface area contributed by atoms with Gasteiger partial charge >= 0.3 is 5.97 Å². The van der Waals surface area contributed by atoms with E-state index in [-0.39, 0.29) is 11.9 Å². The lowest BCUT2D eigenvalue weighted by Gasteiger charge is -2.33. The third-order valence-electron chi connectivity index (χ3n) is 4.07. The molecule has 126 valence electrons. The van der Waals surface area contributed by atoms with Gasteiger partial charge in [0.2, 0.25) is 0 Å². The molecule has 2 atom stereocenters. The molecule has 0 saturated carbocycles. The molecule has 2 aromatic carbocycles. The fourth-order valence-corrected chi connectivity index (χ4v) is 4.12. The van der Waals surface area contributed by atoms with Crippen LogP contribution < -0.4 is 5.32 Å². The van der Waals surface area contributed by atoms with Gasteiger partial charge in [0.15, 0.2) is 0 Å². The normalized spacial score (nSPS) is 19.3. The third-order valence-corrected chi connectivity index (χ3v) is 5.09. The quantitative estimate of drug-likeness (QED) is 0.643. The molecule has 6 heteroatoms. The Kier molecular flexibility index (Phi) is 5.38. The van der Waals surface area contributed by atoms with Crippen molar-refractivity contribution in [2.45, 2.75) is 25.3 Å². The molecule has 0 saturated heterocycles. The maximum atomic E-state index is 12.3. The van der Waals surface area contributed by atoms with Crippen molar-refractivity contribution in [2.75, 3.05) is 11.9 Å². The molecule has 0 aliphatic carbocycles. The lowest BCUT2D eigenvalue weighted by molar-refractivity contribution is -0.144. The summed E-state index contributed by atoms with van der Waals surface area (Å²) >= 11 is 16.1. The second kappa shape index (κ2) is 7.34. The van der Waals surface area contributed by atoms with Crippen LogP contribution in [0.1, 0.15) is 30.4 Å². The highest BCUT2D eigenvalue weighted by atomic mass is 79.9. The van der Waals surface area contributed by atoms with Crippen LogP contribution in [0.5, 0.6) is 0 Å². The van der Waals surface area contributed by atoms with Crippen molar-refractivity contribution in [3.8, 4) is 0 Å². The van der Waals surface area contributed by atoms with Crippen LogP contribution in [0, 0.1) is 0 Å². The zero-order chi connectivity index (χ0) is 17.3. The number of rotatable bonds is 3. The average molecular weight is 429 g/mol. The monoisotopic (exact) mass is 427 g/mol. The number of carbonyl (C=O) groups excluding carboxylic acids is 1. The van der Waals surface area contributed by atoms with Crippen LogP contribution in [0.15, 0.2) is 40.9 Å². The minimum Gasteiger partial charge on any atom is -0.464 e. The molecule has 0 bridgehead atoms. The van der Waals surface area contributed by atoms with E-state index in [0.717, 1.165) is 21.3 Å². The van der Waals surface area contributed by atoms with Crippen molar-refractivity contribution >= 4 is 50.8 Å². The van der Waals surface area contributed by atoms with Crippen LogP contribution in [0.3, 0.4) is 0 Å². The summed E-state index contributed by atoms with van der Waals surface area (Å²) in [6.07, 6.45) is 0.573. The second-order valence-corrected chi connectivity index (χ2v) is 7.40. The zero-order valence-electron chi connectivity index (χ0n) is 13.0. The first-order valence-electron chi connectivity index (χ1n) is 7.67. The number of nitrogens with one attached hydrogen (secondary N) is 1. The van der Waals surface area contributed by atoms with E-state index in [9.17, 15) is 4.79 Å². The Morgan fingerprint density at radius 2 is 2.12 bits per heavy atom. The highest BCUT2D eigenvalue weighted by Gasteiger charge is 2.34. The molecule has 0 amide bonds. The summed E-state index contributed by atoms with van der Waals surface area (Å²) in [6, 6.07) is 11.1. The minimum absolute atomic E-state index is 0.0158. The molecule has 2 aromatic rings. The van der Waals surface area contributed by atoms with Gasteiger partial charge in [-0.2, -0.15) is 0 Å². The van der Waals surface area contributed by atoms with Gasteiger partial charge in [0.1, 0.15) is 6.04 Å². The standard InChI is InChI=1S/C18H16BrCl2NO2/c1-2-24-18(23)16-9-13(10-4-3-5-11(19)6-10)17-14(21)7-12(20)8-15(17)22-16/h3-8,13,16,22H,2,9H2,1H3. The van der Waals surface area contributed by atoms with Crippen LogP contribution in [0.25, 0.3) is 0 Å². The molecule has 0 fully saturated rings. The molecule has 1 aliphatic rings.